The van der Waals surface area contributed by atoms with Crippen LogP contribution in [0.3, 0.4) is 0 Å². The summed E-state index contributed by atoms with van der Waals surface area (Å²) in [6.07, 6.45) is 5.38. The normalized spacial score (nSPS) is 23.8. The van der Waals surface area contributed by atoms with Crippen LogP contribution in [0.4, 0.5) is 9.18 Å². The minimum absolute atomic E-state index is 0.0379. The van der Waals surface area contributed by atoms with Crippen molar-refractivity contribution >= 4 is 6.03 Å². The number of aliphatic hydroxyl groups is 1. The van der Waals surface area contributed by atoms with Crippen molar-refractivity contribution in [1.82, 2.24) is 10.6 Å². The molecule has 2 unspecified atom stereocenters. The molecule has 132 valence electrons. The topological polar surface area (TPSA) is 70.6 Å². The van der Waals surface area contributed by atoms with Crippen LogP contribution in [-0.4, -0.2) is 35.9 Å². The number of urea groups is 1. The van der Waals surface area contributed by atoms with Gasteiger partial charge in [-0.25, -0.2) is 9.18 Å². The fraction of sp³-hybridized carbons (Fsp3) is 0.611. The van der Waals surface area contributed by atoms with Crippen molar-refractivity contribution in [2.45, 2.75) is 56.3 Å². The van der Waals surface area contributed by atoms with Crippen LogP contribution in [0.2, 0.25) is 0 Å². The number of hydrogen-bond donors (Lipinski definition) is 3. The first-order chi connectivity index (χ1) is 11.6. The molecule has 1 heterocycles. The number of nitrogens with one attached hydrogen (secondary N) is 2. The Morgan fingerprint density at radius 2 is 2.04 bits per heavy atom. The maximum Gasteiger partial charge on any atom is 0.315 e. The third-order valence-electron chi connectivity index (χ3n) is 5.05. The van der Waals surface area contributed by atoms with Gasteiger partial charge in [0.2, 0.25) is 0 Å². The average molecular weight is 336 g/mol. The average Bonchev–Trinajstić information content (AvgIpc) is 3.01. The van der Waals surface area contributed by atoms with Crippen LogP contribution in [0.5, 0.6) is 0 Å². The van der Waals surface area contributed by atoms with E-state index in [9.17, 15) is 14.3 Å². The van der Waals surface area contributed by atoms with E-state index >= 15 is 0 Å². The summed E-state index contributed by atoms with van der Waals surface area (Å²) in [5.41, 5.74) is 0.539. The van der Waals surface area contributed by atoms with Gasteiger partial charge in [-0.1, -0.05) is 25.0 Å². The van der Waals surface area contributed by atoms with Gasteiger partial charge in [0.25, 0.3) is 0 Å². The molecular formula is C18H25FN2O3. The van der Waals surface area contributed by atoms with Gasteiger partial charge < -0.3 is 20.5 Å². The molecule has 1 aliphatic heterocycles. The fourth-order valence-electron chi connectivity index (χ4n) is 3.75. The second kappa shape index (κ2) is 7.49. The van der Waals surface area contributed by atoms with Gasteiger partial charge in [-0.05, 0) is 43.4 Å². The summed E-state index contributed by atoms with van der Waals surface area (Å²) >= 11 is 0. The Bertz CT molecular complexity index is 558. The molecule has 1 aromatic rings. The van der Waals surface area contributed by atoms with Crippen molar-refractivity contribution in [1.29, 1.82) is 0 Å². The number of carbonyl (C=O) groups excluding carboxylic acids is 1. The molecule has 2 atom stereocenters. The lowest BCUT2D eigenvalue weighted by Crippen LogP contribution is -2.50. The van der Waals surface area contributed by atoms with E-state index in [4.69, 9.17) is 4.74 Å². The summed E-state index contributed by atoms with van der Waals surface area (Å²) in [5.74, 6) is -0.350. The summed E-state index contributed by atoms with van der Waals surface area (Å²) in [4.78, 5) is 12.1. The van der Waals surface area contributed by atoms with Gasteiger partial charge in [0.05, 0.1) is 11.7 Å². The van der Waals surface area contributed by atoms with Crippen LogP contribution < -0.4 is 10.6 Å². The number of aliphatic hydroxyl groups excluding tert-OH is 1. The summed E-state index contributed by atoms with van der Waals surface area (Å²) in [5, 5.41) is 15.7. The molecule has 2 amide bonds. The number of amides is 2. The van der Waals surface area contributed by atoms with Crippen LogP contribution in [-0.2, 0) is 4.74 Å². The molecule has 1 saturated carbocycles. The van der Waals surface area contributed by atoms with E-state index in [-0.39, 0.29) is 30.0 Å². The van der Waals surface area contributed by atoms with Crippen LogP contribution in [0.1, 0.15) is 50.2 Å². The molecule has 3 rings (SSSR count). The Morgan fingerprint density at radius 1 is 1.33 bits per heavy atom. The maximum absolute atomic E-state index is 12.9. The largest absolute Gasteiger partial charge is 0.387 e. The first kappa shape index (κ1) is 17.2. The number of rotatable bonds is 4. The minimum Gasteiger partial charge on any atom is -0.387 e. The van der Waals surface area contributed by atoms with Gasteiger partial charge in [0, 0.05) is 19.2 Å². The standard InChI is InChI=1S/C18H25FN2O3/c19-14-5-3-13(4-6-14)16(22)12-20-17(23)21-15-7-10-24-18(11-15)8-1-2-9-18/h3-6,15-16,22H,1-2,7-12H2,(H2,20,21,23). The minimum atomic E-state index is -0.854. The highest BCUT2D eigenvalue weighted by Crippen LogP contribution is 2.39. The summed E-state index contributed by atoms with van der Waals surface area (Å²) < 4.78 is 18.8. The molecule has 1 spiro atoms. The first-order valence-corrected chi connectivity index (χ1v) is 8.68. The van der Waals surface area contributed by atoms with E-state index in [0.29, 0.717) is 12.2 Å². The maximum atomic E-state index is 12.9. The van der Waals surface area contributed by atoms with E-state index in [1.165, 1.54) is 37.1 Å². The molecule has 1 aromatic carbocycles. The van der Waals surface area contributed by atoms with E-state index in [1.807, 2.05) is 0 Å². The molecule has 2 fully saturated rings. The van der Waals surface area contributed by atoms with Crippen molar-refractivity contribution in [2.24, 2.45) is 0 Å². The highest BCUT2D eigenvalue weighted by molar-refractivity contribution is 5.74. The van der Waals surface area contributed by atoms with Crippen molar-refractivity contribution in [3.05, 3.63) is 35.6 Å². The molecule has 0 radical (unpaired) electrons. The monoisotopic (exact) mass is 336 g/mol. The Labute approximate surface area is 141 Å². The molecule has 6 heteroatoms. The van der Waals surface area contributed by atoms with Crippen molar-refractivity contribution in [3.63, 3.8) is 0 Å². The molecule has 1 saturated heterocycles. The van der Waals surface area contributed by atoms with Crippen LogP contribution in [0.25, 0.3) is 0 Å². The van der Waals surface area contributed by atoms with E-state index in [2.05, 4.69) is 10.6 Å². The summed E-state index contributed by atoms with van der Waals surface area (Å²) in [7, 11) is 0. The SMILES string of the molecule is O=C(NCC(O)c1ccc(F)cc1)NC1CCOC2(CCCC2)C1. The Balaban J connectivity index is 1.44. The number of ether oxygens (including phenoxy) is 1. The molecule has 1 aliphatic carbocycles. The lowest BCUT2D eigenvalue weighted by molar-refractivity contribution is -0.0820. The Kier molecular flexibility index (Phi) is 5.36. The Morgan fingerprint density at radius 3 is 2.75 bits per heavy atom. The molecule has 0 aromatic heterocycles. The van der Waals surface area contributed by atoms with Crippen molar-refractivity contribution in [3.8, 4) is 0 Å². The molecule has 5 nitrogen and oxygen atoms in total. The quantitative estimate of drug-likeness (QED) is 0.792. The molecule has 24 heavy (non-hydrogen) atoms. The van der Waals surface area contributed by atoms with Gasteiger partial charge in [0.15, 0.2) is 0 Å². The van der Waals surface area contributed by atoms with Crippen LogP contribution in [0, 0.1) is 5.82 Å². The third-order valence-corrected chi connectivity index (χ3v) is 5.05. The van der Waals surface area contributed by atoms with Crippen molar-refractivity contribution in [2.75, 3.05) is 13.2 Å². The second-order valence-electron chi connectivity index (χ2n) is 6.85. The zero-order chi connectivity index (χ0) is 17.0. The molecule has 3 N–H and O–H groups in total. The smallest absolute Gasteiger partial charge is 0.315 e. The first-order valence-electron chi connectivity index (χ1n) is 8.68. The zero-order valence-electron chi connectivity index (χ0n) is 13.8. The highest BCUT2D eigenvalue weighted by Gasteiger charge is 2.40. The van der Waals surface area contributed by atoms with Gasteiger partial charge in [-0.3, -0.25) is 0 Å². The predicted molar refractivity (Wildman–Crippen MR) is 88.1 cm³/mol. The van der Waals surface area contributed by atoms with Crippen LogP contribution in [0.15, 0.2) is 24.3 Å². The van der Waals surface area contributed by atoms with E-state index in [0.717, 1.165) is 25.7 Å². The lowest BCUT2D eigenvalue weighted by Gasteiger charge is -2.38. The zero-order valence-corrected chi connectivity index (χ0v) is 13.8. The van der Waals surface area contributed by atoms with E-state index < -0.39 is 6.10 Å². The number of benzene rings is 1. The van der Waals surface area contributed by atoms with Crippen molar-refractivity contribution < 1.29 is 19.0 Å². The molecular weight excluding hydrogens is 311 g/mol. The Hall–Kier alpha value is -1.66. The summed E-state index contributed by atoms with van der Waals surface area (Å²) in [6.45, 7) is 0.773. The van der Waals surface area contributed by atoms with E-state index in [1.54, 1.807) is 0 Å². The number of carbonyl (C=O) groups is 1. The van der Waals surface area contributed by atoms with Gasteiger partial charge >= 0.3 is 6.03 Å². The highest BCUT2D eigenvalue weighted by atomic mass is 19.1. The predicted octanol–water partition coefficient (Wildman–Crippen LogP) is 2.65. The second-order valence-corrected chi connectivity index (χ2v) is 6.85. The number of halogens is 1. The third kappa shape index (κ3) is 4.24. The van der Waals surface area contributed by atoms with Gasteiger partial charge in [0.1, 0.15) is 5.82 Å². The number of hydrogen-bond acceptors (Lipinski definition) is 3. The molecule has 2 aliphatic rings. The lowest BCUT2D eigenvalue weighted by atomic mass is 9.89. The fourth-order valence-corrected chi connectivity index (χ4v) is 3.75. The molecule has 0 bridgehead atoms. The van der Waals surface area contributed by atoms with Gasteiger partial charge in [-0.2, -0.15) is 0 Å². The summed E-state index contributed by atoms with van der Waals surface area (Å²) in [6, 6.07) is 5.45. The van der Waals surface area contributed by atoms with Gasteiger partial charge in [-0.15, -0.1) is 0 Å². The van der Waals surface area contributed by atoms with Crippen LogP contribution >= 0.6 is 0 Å².